The molecule has 1 N–H and O–H groups in total. The topological polar surface area (TPSA) is 20.2 Å². The molecule has 0 unspecified atom stereocenters. The number of aliphatic hydroxyl groups excluding tert-OH is 1. The average Bonchev–Trinajstić information content (AvgIpc) is 2.16. The Bertz CT molecular complexity index is 407. The normalized spacial score (nSPS) is 16.3. The monoisotopic (exact) mass is 137 g/mol. The highest BCUT2D eigenvalue weighted by molar-refractivity contribution is 5.32. The molecule has 0 saturated carbocycles. The summed E-state index contributed by atoms with van der Waals surface area (Å²) in [6.45, 7) is 1.36. The van der Waals surface area contributed by atoms with Crippen molar-refractivity contribution in [2.75, 3.05) is 0 Å². The molecular formula is C9H10O. The predicted molar refractivity (Wildman–Crippen MR) is 42.9 cm³/mol. The van der Waals surface area contributed by atoms with E-state index in [1.807, 2.05) is 0 Å². The molecule has 0 heterocycles. The molecule has 1 aromatic rings. The van der Waals surface area contributed by atoms with E-state index in [1.54, 1.807) is 31.2 Å². The van der Waals surface area contributed by atoms with Crippen LogP contribution in [-0.4, -0.2) is 5.11 Å². The molecule has 0 aliphatic rings. The Hall–Kier alpha value is -1.24. The highest BCUT2D eigenvalue weighted by Gasteiger charge is 1.83. The molecule has 52 valence electrons. The van der Waals surface area contributed by atoms with Crippen LogP contribution in [0, 0.1) is 0 Å². The van der Waals surface area contributed by atoms with E-state index in [-0.39, 0.29) is 6.53 Å². The lowest BCUT2D eigenvalue weighted by Crippen LogP contribution is -2.23. The van der Waals surface area contributed by atoms with Crippen LogP contribution in [-0.2, 0) is 0 Å². The van der Waals surface area contributed by atoms with Crippen molar-refractivity contribution in [3.05, 3.63) is 34.7 Å². The second-order valence-electron chi connectivity index (χ2n) is 2.10. The minimum absolute atomic E-state index is 0.271. The SMILES string of the molecule is [2H]O/C(C)=c1\ccccc1=C([2H])[2H]. The third kappa shape index (κ3) is 1.18. The number of hydrogen-bond donors (Lipinski definition) is 1. The van der Waals surface area contributed by atoms with Crippen molar-refractivity contribution in [2.45, 2.75) is 6.92 Å². The minimum atomic E-state index is -0.271. The highest BCUT2D eigenvalue weighted by Crippen LogP contribution is 1.77. The first-order chi connectivity index (χ1) is 6.16. The summed E-state index contributed by atoms with van der Waals surface area (Å²) in [5, 5.41) is 5.42. The van der Waals surface area contributed by atoms with Crippen LogP contribution < -0.4 is 10.4 Å². The first kappa shape index (κ1) is 3.81. The van der Waals surface area contributed by atoms with Gasteiger partial charge in [-0.2, -0.15) is 0 Å². The zero-order valence-corrected chi connectivity index (χ0v) is 5.72. The molecule has 0 spiro atoms. The molecule has 0 aliphatic heterocycles. The molecule has 0 saturated heterocycles. The van der Waals surface area contributed by atoms with E-state index in [1.165, 1.54) is 0 Å². The fourth-order valence-corrected chi connectivity index (χ4v) is 0.790. The van der Waals surface area contributed by atoms with Gasteiger partial charge in [-0.05, 0) is 12.1 Å². The molecule has 0 radical (unpaired) electrons. The molecule has 0 aliphatic carbocycles. The third-order valence-corrected chi connectivity index (χ3v) is 1.31. The predicted octanol–water partition coefficient (Wildman–Crippen LogP) is 0.783. The zero-order valence-electron chi connectivity index (χ0n) is 8.72. The maximum atomic E-state index is 7.18. The summed E-state index contributed by atoms with van der Waals surface area (Å²) in [6, 6.07) is 6.92. The average molecular weight is 137 g/mol. The van der Waals surface area contributed by atoms with Gasteiger partial charge in [0.1, 0.15) is 0 Å². The molecule has 10 heavy (non-hydrogen) atoms. The minimum Gasteiger partial charge on any atom is -0.512 e. The van der Waals surface area contributed by atoms with Crippen LogP contribution in [0.2, 0.25) is 0 Å². The van der Waals surface area contributed by atoms with Gasteiger partial charge in [-0.3, -0.25) is 0 Å². The Labute approximate surface area is 64.2 Å². The van der Waals surface area contributed by atoms with Crippen LogP contribution >= 0.6 is 0 Å². The van der Waals surface area contributed by atoms with Crippen molar-refractivity contribution in [3.8, 4) is 0 Å². The lowest BCUT2D eigenvalue weighted by molar-refractivity contribution is 0.498. The van der Waals surface area contributed by atoms with E-state index in [0.717, 1.165) is 0 Å². The lowest BCUT2D eigenvalue weighted by Gasteiger charge is -1.89. The summed E-state index contributed by atoms with van der Waals surface area (Å²) in [6.07, 6.45) is 0. The van der Waals surface area contributed by atoms with Gasteiger partial charge in [0.25, 0.3) is 1.43 Å². The summed E-state index contributed by atoms with van der Waals surface area (Å²) in [7, 11) is 0. The summed E-state index contributed by atoms with van der Waals surface area (Å²) in [5.41, 5.74) is 0. The summed E-state index contributed by atoms with van der Waals surface area (Å²) < 4.78 is 21.1. The number of hydrogen-bond acceptors (Lipinski definition) is 1. The van der Waals surface area contributed by atoms with E-state index in [9.17, 15) is 0 Å². The fourth-order valence-electron chi connectivity index (χ4n) is 0.790. The van der Waals surface area contributed by atoms with Crippen molar-refractivity contribution in [2.24, 2.45) is 0 Å². The van der Waals surface area contributed by atoms with Gasteiger partial charge in [0, 0.05) is 5.22 Å². The van der Waals surface area contributed by atoms with E-state index in [0.29, 0.717) is 16.2 Å². The molecule has 0 atom stereocenters. The van der Waals surface area contributed by atoms with Gasteiger partial charge in [-0.15, -0.1) is 0 Å². The van der Waals surface area contributed by atoms with E-state index < -0.39 is 0 Å². The van der Waals surface area contributed by atoms with Crippen LogP contribution in [0.25, 0.3) is 13.7 Å². The van der Waals surface area contributed by atoms with Gasteiger partial charge in [-0.25, -0.2) is 0 Å². The molecular weight excluding hydrogens is 124 g/mol. The molecule has 0 fully saturated rings. The van der Waals surface area contributed by atoms with E-state index in [4.69, 9.17) is 4.17 Å². The van der Waals surface area contributed by atoms with Crippen LogP contribution in [0.3, 0.4) is 0 Å². The quantitative estimate of drug-likeness (QED) is 0.606. The summed E-state index contributed by atoms with van der Waals surface area (Å²) >= 11 is 0. The van der Waals surface area contributed by atoms with Crippen molar-refractivity contribution in [3.63, 3.8) is 0 Å². The van der Waals surface area contributed by atoms with Crippen LogP contribution in [0.15, 0.2) is 24.3 Å². The Morgan fingerprint density at radius 2 is 2.50 bits per heavy atom. The van der Waals surface area contributed by atoms with Gasteiger partial charge in [0.2, 0.25) is 0 Å². The van der Waals surface area contributed by atoms with Crippen molar-refractivity contribution < 1.29 is 7.85 Å². The summed E-state index contributed by atoms with van der Waals surface area (Å²) in [4.78, 5) is 0. The fraction of sp³-hybridized carbons (Fsp3) is 0.111. The van der Waals surface area contributed by atoms with Crippen molar-refractivity contribution >= 4 is 12.3 Å². The van der Waals surface area contributed by atoms with Gasteiger partial charge in [0.05, 0.1) is 8.50 Å². The van der Waals surface area contributed by atoms with Gasteiger partial charge < -0.3 is 5.11 Å². The summed E-state index contributed by atoms with van der Waals surface area (Å²) in [5.74, 6) is 0.396. The first-order valence-electron chi connectivity index (χ1n) is 4.44. The highest BCUT2D eigenvalue weighted by atomic mass is 16.3. The Morgan fingerprint density at radius 1 is 1.70 bits per heavy atom. The smallest absolute Gasteiger partial charge is 0.293 e. The maximum Gasteiger partial charge on any atom is 0.293 e. The second-order valence-corrected chi connectivity index (χ2v) is 2.10. The second kappa shape index (κ2) is 2.56. The van der Waals surface area contributed by atoms with Crippen molar-refractivity contribution in [1.29, 1.82) is 1.43 Å². The standard InChI is InChI=1S/C9H10O/c1-7-5-3-4-6-9(7)8(2)10/h3-6,10H,1H2,2H3/b9-8+/i1D2/hD. The van der Waals surface area contributed by atoms with Crippen molar-refractivity contribution in [1.82, 2.24) is 0 Å². The molecule has 1 nitrogen and oxygen atoms in total. The Morgan fingerprint density at radius 3 is 3.20 bits per heavy atom. The van der Waals surface area contributed by atoms with E-state index in [2.05, 4.69) is 5.11 Å². The first-order valence-corrected chi connectivity index (χ1v) is 3.03. The Kier molecular flexibility index (Phi) is 0.978. The third-order valence-electron chi connectivity index (χ3n) is 1.31. The molecule has 1 rings (SSSR count). The van der Waals surface area contributed by atoms with Crippen LogP contribution in [0.5, 0.6) is 0 Å². The van der Waals surface area contributed by atoms with Gasteiger partial charge >= 0.3 is 0 Å². The van der Waals surface area contributed by atoms with Crippen LogP contribution in [0.4, 0.5) is 0 Å². The number of aliphatic hydroxyl groups is 1. The zero-order chi connectivity index (χ0) is 9.84. The van der Waals surface area contributed by atoms with Crippen LogP contribution in [0.1, 0.15) is 9.67 Å². The number of benzene rings is 1. The molecule has 0 aromatic heterocycles. The maximum absolute atomic E-state index is 7.18. The largest absolute Gasteiger partial charge is 0.512 e. The van der Waals surface area contributed by atoms with Gasteiger partial charge in [0.15, 0.2) is 0 Å². The lowest BCUT2D eigenvalue weighted by atomic mass is 10.2. The van der Waals surface area contributed by atoms with E-state index >= 15 is 0 Å². The Balaban J connectivity index is 3.66. The number of rotatable bonds is 1. The molecule has 0 amide bonds. The molecule has 0 bridgehead atoms. The van der Waals surface area contributed by atoms with Gasteiger partial charge in [-0.1, -0.05) is 30.8 Å². The molecule has 1 heteroatoms. The molecule has 1 aromatic carbocycles.